The lowest BCUT2D eigenvalue weighted by Crippen LogP contribution is -2.51. The van der Waals surface area contributed by atoms with Crippen molar-refractivity contribution in [1.29, 1.82) is 0 Å². The number of rotatable bonds is 3. The molecule has 1 amide bonds. The average Bonchev–Trinajstić information content (AvgIpc) is 3.39. The summed E-state index contributed by atoms with van der Waals surface area (Å²) in [6, 6.07) is 0.863. The molecule has 6 nitrogen and oxygen atoms in total. The third-order valence-corrected chi connectivity index (χ3v) is 6.64. The predicted octanol–water partition coefficient (Wildman–Crippen LogP) is 3.28. The zero-order chi connectivity index (χ0) is 20.9. The number of amides is 1. The number of carbonyl (C=O) groups excluding carboxylic acids is 1. The van der Waals surface area contributed by atoms with Crippen LogP contribution in [-0.4, -0.2) is 59.8 Å². The van der Waals surface area contributed by atoms with Gasteiger partial charge in [0.25, 0.3) is 0 Å². The molecule has 1 N–H and O–H groups in total. The van der Waals surface area contributed by atoms with Gasteiger partial charge in [0.15, 0.2) is 6.29 Å². The zero-order valence-corrected chi connectivity index (χ0v) is 18.2. The molecule has 0 aromatic carbocycles. The highest BCUT2D eigenvalue weighted by molar-refractivity contribution is 5.67. The molecule has 4 heterocycles. The van der Waals surface area contributed by atoms with Gasteiger partial charge in [0, 0.05) is 37.0 Å². The van der Waals surface area contributed by atoms with Crippen LogP contribution >= 0.6 is 0 Å². The number of unbranched alkanes of at least 4 members (excludes halogenated alkanes) is 1. The van der Waals surface area contributed by atoms with Crippen LogP contribution in [0.2, 0.25) is 0 Å². The first kappa shape index (κ1) is 20.1. The van der Waals surface area contributed by atoms with Crippen LogP contribution in [0.25, 0.3) is 0 Å². The third-order valence-electron chi connectivity index (χ3n) is 6.64. The second-order valence-electron chi connectivity index (χ2n) is 9.99. The van der Waals surface area contributed by atoms with Crippen molar-refractivity contribution in [3.63, 3.8) is 0 Å². The van der Waals surface area contributed by atoms with Crippen molar-refractivity contribution in [2.24, 2.45) is 0 Å². The molecule has 1 spiro atoms. The van der Waals surface area contributed by atoms with E-state index in [0.29, 0.717) is 18.6 Å². The fourth-order valence-electron chi connectivity index (χ4n) is 5.43. The van der Waals surface area contributed by atoms with E-state index in [0.717, 1.165) is 31.4 Å². The summed E-state index contributed by atoms with van der Waals surface area (Å²) < 4.78 is 17.5. The van der Waals surface area contributed by atoms with Crippen LogP contribution < -0.4 is 5.32 Å². The number of epoxide rings is 1. The molecule has 5 rings (SSSR count). The summed E-state index contributed by atoms with van der Waals surface area (Å²) in [4.78, 5) is 14.4. The molecule has 1 unspecified atom stereocenters. The second kappa shape index (κ2) is 7.40. The maximum atomic E-state index is 11.7. The first-order valence-electron chi connectivity index (χ1n) is 11.3. The van der Waals surface area contributed by atoms with E-state index in [1.54, 1.807) is 0 Å². The van der Waals surface area contributed by atoms with E-state index in [1.807, 2.05) is 20.8 Å². The molecule has 30 heavy (non-hydrogen) atoms. The summed E-state index contributed by atoms with van der Waals surface area (Å²) in [5, 5.41) is 2.79. The lowest BCUT2D eigenvalue weighted by molar-refractivity contribution is -0.0904. The maximum absolute atomic E-state index is 11.7. The smallest absolute Gasteiger partial charge is 0.407 e. The van der Waals surface area contributed by atoms with Gasteiger partial charge in [-0.1, -0.05) is 24.3 Å². The van der Waals surface area contributed by atoms with Gasteiger partial charge in [-0.25, -0.2) is 4.79 Å². The highest BCUT2D eigenvalue weighted by Crippen LogP contribution is 2.56. The normalized spacial score (nSPS) is 36.2. The molecule has 0 aromatic rings. The van der Waals surface area contributed by atoms with Gasteiger partial charge in [-0.05, 0) is 58.2 Å². The molecule has 3 fully saturated rings. The van der Waals surface area contributed by atoms with E-state index in [1.165, 1.54) is 24.8 Å². The molecule has 2 bridgehead atoms. The Morgan fingerprint density at radius 1 is 1.37 bits per heavy atom. The summed E-state index contributed by atoms with van der Waals surface area (Å²) in [5.41, 5.74) is 1.67. The minimum Gasteiger partial charge on any atom is -0.444 e. The number of hydrogen-bond donors (Lipinski definition) is 1. The number of hydrogen-bond acceptors (Lipinski definition) is 5. The van der Waals surface area contributed by atoms with Gasteiger partial charge in [-0.15, -0.1) is 0 Å². The molecule has 1 aliphatic carbocycles. The van der Waals surface area contributed by atoms with Crippen molar-refractivity contribution < 1.29 is 19.0 Å². The van der Waals surface area contributed by atoms with E-state index in [9.17, 15) is 4.79 Å². The average molecular weight is 413 g/mol. The van der Waals surface area contributed by atoms with E-state index < -0.39 is 5.60 Å². The molecule has 3 saturated heterocycles. The monoisotopic (exact) mass is 412 g/mol. The molecule has 162 valence electrons. The number of alkyl carbamates (subject to hydrolysis) is 1. The van der Waals surface area contributed by atoms with Gasteiger partial charge in [0.05, 0.1) is 0 Å². The fraction of sp³-hybridized carbons (Fsp3) is 0.708. The Labute approximate surface area is 179 Å². The van der Waals surface area contributed by atoms with Crippen LogP contribution in [0.1, 0.15) is 59.3 Å². The Morgan fingerprint density at radius 2 is 2.23 bits per heavy atom. The highest BCUT2D eigenvalue weighted by Gasteiger charge is 2.63. The molecular formula is C24H32N2O4. The topological polar surface area (TPSA) is 63.3 Å². The number of nitrogens with zero attached hydrogens (tertiary/aromatic N) is 1. The quantitative estimate of drug-likeness (QED) is 0.438. The Bertz CT molecular complexity index is 845. The van der Waals surface area contributed by atoms with Gasteiger partial charge in [-0.3, -0.25) is 4.90 Å². The number of nitrogens with one attached hydrogen (secondary N) is 1. The van der Waals surface area contributed by atoms with Crippen molar-refractivity contribution >= 4 is 6.09 Å². The van der Waals surface area contributed by atoms with E-state index >= 15 is 0 Å². The summed E-state index contributed by atoms with van der Waals surface area (Å²) in [7, 11) is 0. The minimum absolute atomic E-state index is 0.0532. The van der Waals surface area contributed by atoms with Crippen molar-refractivity contribution in [1.82, 2.24) is 10.2 Å². The number of fused-ring (bicyclic) bond motifs is 4. The van der Waals surface area contributed by atoms with Gasteiger partial charge in [0.2, 0.25) is 0 Å². The van der Waals surface area contributed by atoms with Crippen LogP contribution in [0.4, 0.5) is 4.79 Å². The Balaban J connectivity index is 1.23. The molecule has 5 atom stereocenters. The largest absolute Gasteiger partial charge is 0.444 e. The fourth-order valence-corrected chi connectivity index (χ4v) is 5.43. The third kappa shape index (κ3) is 3.68. The van der Waals surface area contributed by atoms with Crippen LogP contribution in [-0.2, 0) is 14.2 Å². The lowest BCUT2D eigenvalue weighted by atomic mass is 9.74. The van der Waals surface area contributed by atoms with E-state index in [-0.39, 0.29) is 24.1 Å². The molecule has 4 aliphatic heterocycles. The Hall–Kier alpha value is -1.81. The van der Waals surface area contributed by atoms with Crippen molar-refractivity contribution in [3.8, 4) is 11.8 Å². The number of piperidine rings is 1. The summed E-state index contributed by atoms with van der Waals surface area (Å²) >= 11 is 0. The second-order valence-corrected chi connectivity index (χ2v) is 9.99. The van der Waals surface area contributed by atoms with Crippen molar-refractivity contribution in [2.75, 3.05) is 13.1 Å². The van der Waals surface area contributed by atoms with Gasteiger partial charge in [-0.2, -0.15) is 0 Å². The number of carbonyl (C=O) groups is 1. The predicted molar refractivity (Wildman–Crippen MR) is 113 cm³/mol. The molecule has 0 radical (unpaired) electrons. The zero-order valence-electron chi connectivity index (χ0n) is 18.2. The molecule has 0 aromatic heterocycles. The van der Waals surface area contributed by atoms with Crippen LogP contribution in [0.5, 0.6) is 0 Å². The van der Waals surface area contributed by atoms with Gasteiger partial charge >= 0.3 is 6.09 Å². The van der Waals surface area contributed by atoms with Crippen molar-refractivity contribution in [3.05, 3.63) is 23.3 Å². The molecule has 0 saturated carbocycles. The highest BCUT2D eigenvalue weighted by atomic mass is 16.8. The molecule has 6 heteroatoms. The van der Waals surface area contributed by atoms with Crippen LogP contribution in [0.15, 0.2) is 23.3 Å². The summed E-state index contributed by atoms with van der Waals surface area (Å²) in [6.45, 7) is 7.30. The minimum atomic E-state index is -0.472. The summed E-state index contributed by atoms with van der Waals surface area (Å²) in [5.74, 6) is 6.75. The first-order valence-corrected chi connectivity index (χ1v) is 11.3. The Kier molecular flexibility index (Phi) is 4.96. The van der Waals surface area contributed by atoms with Crippen LogP contribution in [0.3, 0.4) is 0 Å². The number of ether oxygens (including phenoxy) is 3. The van der Waals surface area contributed by atoms with Gasteiger partial charge < -0.3 is 19.5 Å². The van der Waals surface area contributed by atoms with E-state index in [2.05, 4.69) is 34.2 Å². The Morgan fingerprint density at radius 3 is 3.07 bits per heavy atom. The molecule has 5 aliphatic rings. The SMILES string of the molecule is CC(C)(C)OC(=O)NCCCC#CC1=C[C@@H]2C[C@@]3(O[C@H]4OC4C=C13)[C@H]1CCCCN21. The van der Waals surface area contributed by atoms with Gasteiger partial charge in [0.1, 0.15) is 17.3 Å². The van der Waals surface area contributed by atoms with Crippen molar-refractivity contribution in [2.45, 2.75) is 95.0 Å². The maximum Gasteiger partial charge on any atom is 0.407 e. The first-order chi connectivity index (χ1) is 14.4. The lowest BCUT2D eigenvalue weighted by Gasteiger charge is -2.42. The van der Waals surface area contributed by atoms with Crippen LogP contribution in [0, 0.1) is 11.8 Å². The standard InChI is InChI=1S/C24H32N2O4/c1-23(2,3)30-22(27)25-11-7-4-5-9-16-13-17-15-24(20-10-6-8-12-26(17)20)18(16)14-19-21(28-19)29-24/h13-14,17,19-21H,4,6-8,10-12,15H2,1-3H3,(H,25,27)/t17-,19?,20-,21-,24+/m1/s1. The van der Waals surface area contributed by atoms with E-state index in [4.69, 9.17) is 14.2 Å². The molecular weight excluding hydrogens is 380 g/mol. The summed E-state index contributed by atoms with van der Waals surface area (Å²) in [6.07, 6.45) is 10.6.